The van der Waals surface area contributed by atoms with Gasteiger partial charge in [0.15, 0.2) is 0 Å². The number of rotatable bonds is 2. The number of hydrogen-bond acceptors (Lipinski definition) is 3. The summed E-state index contributed by atoms with van der Waals surface area (Å²) in [5, 5.41) is 10.3. The van der Waals surface area contributed by atoms with Gasteiger partial charge >= 0.3 is 0 Å². The fourth-order valence-corrected chi connectivity index (χ4v) is 2.49. The third kappa shape index (κ3) is 2.05. The predicted octanol–water partition coefficient (Wildman–Crippen LogP) is 1.81. The van der Waals surface area contributed by atoms with E-state index < -0.39 is 5.60 Å². The fourth-order valence-electron chi connectivity index (χ4n) is 2.49. The number of hydrogen-bond donors (Lipinski definition) is 1. The van der Waals surface area contributed by atoms with Gasteiger partial charge in [-0.05, 0) is 31.4 Å². The van der Waals surface area contributed by atoms with E-state index in [1.165, 1.54) is 11.3 Å². The lowest BCUT2D eigenvalue weighted by atomic mass is 10.0. The monoisotopic (exact) mass is 233 g/mol. The number of aryl methyl sites for hydroxylation is 1. The summed E-state index contributed by atoms with van der Waals surface area (Å²) in [5.41, 5.74) is 3.00. The number of morpholine rings is 1. The minimum atomic E-state index is -0.554. The van der Waals surface area contributed by atoms with Gasteiger partial charge in [-0.3, -0.25) is 0 Å². The first-order valence-corrected chi connectivity index (χ1v) is 6.35. The quantitative estimate of drug-likeness (QED) is 0.845. The molecule has 0 atom stereocenters. The summed E-state index contributed by atoms with van der Waals surface area (Å²) in [5.74, 6) is 0. The number of nitrogens with zero attached hydrogens (tertiary/aromatic N) is 1. The van der Waals surface area contributed by atoms with Crippen LogP contribution in [0.3, 0.4) is 0 Å². The molecule has 0 aromatic heterocycles. The molecule has 0 bridgehead atoms. The lowest BCUT2D eigenvalue weighted by molar-refractivity contribution is 0.121. The van der Waals surface area contributed by atoms with Crippen molar-refractivity contribution in [3.05, 3.63) is 29.3 Å². The topological polar surface area (TPSA) is 32.7 Å². The summed E-state index contributed by atoms with van der Waals surface area (Å²) < 4.78 is 5.39. The fraction of sp³-hybridized carbons (Fsp3) is 0.571. The van der Waals surface area contributed by atoms with Gasteiger partial charge in [0.25, 0.3) is 0 Å². The highest BCUT2D eigenvalue weighted by molar-refractivity contribution is 5.59. The van der Waals surface area contributed by atoms with Gasteiger partial charge in [0.1, 0.15) is 0 Å². The van der Waals surface area contributed by atoms with E-state index in [-0.39, 0.29) is 0 Å². The van der Waals surface area contributed by atoms with Crippen LogP contribution in [0.15, 0.2) is 18.2 Å². The normalized spacial score (nSPS) is 22.6. The first-order chi connectivity index (χ1) is 8.19. The van der Waals surface area contributed by atoms with Crippen LogP contribution in [0.25, 0.3) is 0 Å². The third-order valence-electron chi connectivity index (χ3n) is 3.73. The summed E-state index contributed by atoms with van der Waals surface area (Å²) in [7, 11) is 0. The van der Waals surface area contributed by atoms with E-state index in [0.717, 1.165) is 44.7 Å². The minimum Gasteiger partial charge on any atom is -0.385 e. The smallest absolute Gasteiger partial charge is 0.0918 e. The van der Waals surface area contributed by atoms with Crippen molar-refractivity contribution in [2.75, 3.05) is 31.2 Å². The highest BCUT2D eigenvalue weighted by Gasteiger charge is 2.44. The van der Waals surface area contributed by atoms with Crippen molar-refractivity contribution in [2.24, 2.45) is 0 Å². The second-order valence-electron chi connectivity index (χ2n) is 5.15. The van der Waals surface area contributed by atoms with Crippen LogP contribution in [0.2, 0.25) is 0 Å². The van der Waals surface area contributed by atoms with E-state index in [4.69, 9.17) is 4.74 Å². The first kappa shape index (κ1) is 11.1. The lowest BCUT2D eigenvalue weighted by Crippen LogP contribution is -2.37. The molecule has 1 N–H and O–H groups in total. The van der Waals surface area contributed by atoms with Crippen molar-refractivity contribution in [3.63, 3.8) is 0 Å². The molecule has 0 radical (unpaired) electrons. The van der Waals surface area contributed by atoms with Gasteiger partial charge in [-0.15, -0.1) is 0 Å². The van der Waals surface area contributed by atoms with E-state index in [1.807, 2.05) is 0 Å². The molecular weight excluding hydrogens is 214 g/mol. The van der Waals surface area contributed by atoms with Crippen molar-refractivity contribution in [3.8, 4) is 0 Å². The zero-order valence-electron chi connectivity index (χ0n) is 10.3. The Hall–Kier alpha value is -1.06. The van der Waals surface area contributed by atoms with Crippen molar-refractivity contribution < 1.29 is 9.84 Å². The number of anilines is 1. The summed E-state index contributed by atoms with van der Waals surface area (Å²) in [6.45, 7) is 5.52. The summed E-state index contributed by atoms with van der Waals surface area (Å²) >= 11 is 0. The van der Waals surface area contributed by atoms with E-state index in [2.05, 4.69) is 30.0 Å². The molecule has 3 nitrogen and oxygen atoms in total. The Morgan fingerprint density at radius 3 is 2.59 bits per heavy atom. The number of ether oxygens (including phenoxy) is 1. The molecule has 17 heavy (non-hydrogen) atoms. The van der Waals surface area contributed by atoms with Gasteiger partial charge in [0.2, 0.25) is 0 Å². The molecule has 1 aromatic rings. The molecule has 2 fully saturated rings. The molecular formula is C14H19NO2. The van der Waals surface area contributed by atoms with E-state index in [1.54, 1.807) is 0 Å². The molecule has 2 aliphatic rings. The minimum absolute atomic E-state index is 0.554. The molecule has 1 aliphatic heterocycles. The van der Waals surface area contributed by atoms with Gasteiger partial charge in [0.05, 0.1) is 18.8 Å². The van der Waals surface area contributed by atoms with E-state index in [9.17, 15) is 5.11 Å². The Morgan fingerprint density at radius 2 is 1.94 bits per heavy atom. The van der Waals surface area contributed by atoms with Crippen molar-refractivity contribution >= 4 is 5.69 Å². The molecule has 92 valence electrons. The molecule has 0 spiro atoms. The van der Waals surface area contributed by atoms with Crippen molar-refractivity contribution in [1.29, 1.82) is 0 Å². The largest absolute Gasteiger partial charge is 0.385 e. The molecule has 1 aliphatic carbocycles. The zero-order valence-corrected chi connectivity index (χ0v) is 10.3. The molecule has 1 saturated carbocycles. The van der Waals surface area contributed by atoms with Gasteiger partial charge < -0.3 is 14.7 Å². The lowest BCUT2D eigenvalue weighted by Gasteiger charge is -2.32. The van der Waals surface area contributed by atoms with Crippen LogP contribution in [-0.4, -0.2) is 31.4 Å². The highest BCUT2D eigenvalue weighted by Crippen LogP contribution is 2.49. The van der Waals surface area contributed by atoms with Crippen molar-refractivity contribution in [2.45, 2.75) is 25.4 Å². The van der Waals surface area contributed by atoms with Crippen LogP contribution in [-0.2, 0) is 10.3 Å². The van der Waals surface area contributed by atoms with Gasteiger partial charge in [-0.2, -0.15) is 0 Å². The first-order valence-electron chi connectivity index (χ1n) is 6.35. The van der Waals surface area contributed by atoms with Crippen LogP contribution in [0.5, 0.6) is 0 Å². The predicted molar refractivity (Wildman–Crippen MR) is 67.3 cm³/mol. The van der Waals surface area contributed by atoms with Crippen LogP contribution >= 0.6 is 0 Å². The highest BCUT2D eigenvalue weighted by atomic mass is 16.5. The standard InChI is InChI=1S/C14H19NO2/c1-11-2-3-12(14(16)4-5-14)13(10-11)15-6-8-17-9-7-15/h2-3,10,16H,4-9H2,1H3. The molecule has 0 unspecified atom stereocenters. The summed E-state index contributed by atoms with van der Waals surface area (Å²) in [6.07, 6.45) is 1.79. The Bertz CT molecular complexity index is 420. The third-order valence-corrected chi connectivity index (χ3v) is 3.73. The van der Waals surface area contributed by atoms with Crippen LogP contribution in [0.1, 0.15) is 24.0 Å². The zero-order chi connectivity index (χ0) is 11.9. The molecule has 3 rings (SSSR count). The van der Waals surface area contributed by atoms with Crippen LogP contribution in [0.4, 0.5) is 5.69 Å². The maximum Gasteiger partial charge on any atom is 0.0918 e. The summed E-state index contributed by atoms with van der Waals surface area (Å²) in [6, 6.07) is 6.37. The Balaban J connectivity index is 1.97. The van der Waals surface area contributed by atoms with E-state index >= 15 is 0 Å². The number of aliphatic hydroxyl groups is 1. The molecule has 0 amide bonds. The molecule has 3 heteroatoms. The molecule has 1 heterocycles. The second-order valence-corrected chi connectivity index (χ2v) is 5.15. The maximum atomic E-state index is 10.3. The average molecular weight is 233 g/mol. The summed E-state index contributed by atoms with van der Waals surface area (Å²) in [4.78, 5) is 2.34. The Kier molecular flexibility index (Phi) is 2.60. The van der Waals surface area contributed by atoms with Gasteiger partial charge in [0, 0.05) is 24.3 Å². The molecule has 1 saturated heterocycles. The van der Waals surface area contributed by atoms with Crippen LogP contribution < -0.4 is 4.90 Å². The Morgan fingerprint density at radius 1 is 1.24 bits per heavy atom. The maximum absolute atomic E-state index is 10.3. The van der Waals surface area contributed by atoms with Gasteiger partial charge in [-0.25, -0.2) is 0 Å². The SMILES string of the molecule is Cc1ccc(C2(O)CC2)c(N2CCOCC2)c1. The van der Waals surface area contributed by atoms with Crippen LogP contribution in [0, 0.1) is 6.92 Å². The average Bonchev–Trinajstić information content (AvgIpc) is 3.09. The van der Waals surface area contributed by atoms with Gasteiger partial charge in [-0.1, -0.05) is 12.1 Å². The number of benzene rings is 1. The second kappa shape index (κ2) is 4.00. The molecule has 1 aromatic carbocycles. The van der Waals surface area contributed by atoms with E-state index in [0.29, 0.717) is 0 Å². The van der Waals surface area contributed by atoms with Crippen molar-refractivity contribution in [1.82, 2.24) is 0 Å². The Labute approximate surface area is 102 Å².